The van der Waals surface area contributed by atoms with E-state index in [-0.39, 0.29) is 17.2 Å². The SMILES string of the molecule is Cn1nc(C(=O)Nc2ccccc2-c2ccccc2)c2ccccc2c1=O. The maximum atomic E-state index is 13.0. The minimum atomic E-state index is -0.356. The average molecular weight is 355 g/mol. The summed E-state index contributed by atoms with van der Waals surface area (Å²) >= 11 is 0. The molecule has 3 aromatic carbocycles. The zero-order chi connectivity index (χ0) is 18.8. The summed E-state index contributed by atoms with van der Waals surface area (Å²) in [5.41, 5.74) is 2.60. The van der Waals surface area contributed by atoms with Crippen LogP contribution in [0.5, 0.6) is 0 Å². The molecule has 0 aliphatic heterocycles. The molecule has 0 aliphatic rings. The monoisotopic (exact) mass is 355 g/mol. The Balaban J connectivity index is 1.78. The number of hydrogen-bond acceptors (Lipinski definition) is 3. The highest BCUT2D eigenvalue weighted by Gasteiger charge is 2.17. The molecule has 5 nitrogen and oxygen atoms in total. The van der Waals surface area contributed by atoms with Gasteiger partial charge in [0.25, 0.3) is 11.5 Å². The number of hydrogen-bond donors (Lipinski definition) is 1. The van der Waals surface area contributed by atoms with Crippen molar-refractivity contribution in [2.24, 2.45) is 7.05 Å². The van der Waals surface area contributed by atoms with Gasteiger partial charge in [-0.15, -0.1) is 0 Å². The van der Waals surface area contributed by atoms with Crippen molar-refractivity contribution < 1.29 is 4.79 Å². The quantitative estimate of drug-likeness (QED) is 0.607. The van der Waals surface area contributed by atoms with Gasteiger partial charge in [0.15, 0.2) is 5.69 Å². The maximum Gasteiger partial charge on any atom is 0.276 e. The van der Waals surface area contributed by atoms with E-state index >= 15 is 0 Å². The van der Waals surface area contributed by atoms with Crippen molar-refractivity contribution in [3.8, 4) is 11.1 Å². The fourth-order valence-corrected chi connectivity index (χ4v) is 3.11. The predicted octanol–water partition coefficient (Wildman–Crippen LogP) is 3.85. The average Bonchev–Trinajstić information content (AvgIpc) is 2.72. The van der Waals surface area contributed by atoms with Crippen LogP contribution in [0.15, 0.2) is 83.7 Å². The van der Waals surface area contributed by atoms with Crippen molar-refractivity contribution in [2.75, 3.05) is 5.32 Å². The van der Waals surface area contributed by atoms with Gasteiger partial charge in [-0.1, -0.05) is 66.7 Å². The van der Waals surface area contributed by atoms with Crippen molar-refractivity contribution in [1.29, 1.82) is 0 Å². The topological polar surface area (TPSA) is 64.0 Å². The predicted molar refractivity (Wildman–Crippen MR) is 107 cm³/mol. The van der Waals surface area contributed by atoms with Crippen molar-refractivity contribution in [3.63, 3.8) is 0 Å². The molecule has 1 amide bonds. The molecule has 0 radical (unpaired) electrons. The van der Waals surface area contributed by atoms with Crippen LogP contribution in [0.25, 0.3) is 21.9 Å². The van der Waals surface area contributed by atoms with E-state index in [4.69, 9.17) is 0 Å². The first-order valence-corrected chi connectivity index (χ1v) is 8.57. The molecule has 0 fully saturated rings. The summed E-state index contributed by atoms with van der Waals surface area (Å²) in [6, 6.07) is 24.4. The van der Waals surface area contributed by atoms with Gasteiger partial charge in [-0.05, 0) is 17.7 Å². The number of carbonyl (C=O) groups excluding carboxylic acids is 1. The lowest BCUT2D eigenvalue weighted by Gasteiger charge is -2.12. The number of aryl methyl sites for hydroxylation is 1. The second-order valence-electron chi connectivity index (χ2n) is 6.19. The lowest BCUT2D eigenvalue weighted by Crippen LogP contribution is -2.25. The molecule has 4 rings (SSSR count). The lowest BCUT2D eigenvalue weighted by molar-refractivity contribution is 0.102. The Morgan fingerprint density at radius 3 is 2.26 bits per heavy atom. The zero-order valence-corrected chi connectivity index (χ0v) is 14.7. The Morgan fingerprint density at radius 1 is 0.852 bits per heavy atom. The van der Waals surface area contributed by atoms with Crippen LogP contribution >= 0.6 is 0 Å². The van der Waals surface area contributed by atoms with Crippen LogP contribution in [-0.2, 0) is 7.05 Å². The Kier molecular flexibility index (Phi) is 4.26. The largest absolute Gasteiger partial charge is 0.320 e. The Bertz CT molecular complexity index is 1200. The van der Waals surface area contributed by atoms with Crippen LogP contribution < -0.4 is 10.9 Å². The van der Waals surface area contributed by atoms with E-state index in [9.17, 15) is 9.59 Å². The standard InChI is InChI=1S/C22H17N3O2/c1-25-22(27)18-13-6-5-12-17(18)20(24-25)21(26)23-19-14-8-7-11-16(19)15-9-3-2-4-10-15/h2-14H,1H3,(H,23,26). The smallest absolute Gasteiger partial charge is 0.276 e. The van der Waals surface area contributed by atoms with Crippen LogP contribution in [0.3, 0.4) is 0 Å². The van der Waals surface area contributed by atoms with Crippen LogP contribution in [0.4, 0.5) is 5.69 Å². The summed E-state index contributed by atoms with van der Waals surface area (Å²) in [7, 11) is 1.55. The molecule has 0 saturated heterocycles. The first-order valence-electron chi connectivity index (χ1n) is 8.57. The third-order valence-electron chi connectivity index (χ3n) is 4.43. The summed E-state index contributed by atoms with van der Waals surface area (Å²) in [6.07, 6.45) is 0. The number of amides is 1. The van der Waals surface area contributed by atoms with E-state index in [1.807, 2.05) is 54.6 Å². The molecule has 0 bridgehead atoms. The van der Waals surface area contributed by atoms with Gasteiger partial charge in [-0.2, -0.15) is 5.10 Å². The molecule has 0 saturated carbocycles. The van der Waals surface area contributed by atoms with E-state index in [0.717, 1.165) is 11.1 Å². The van der Waals surface area contributed by atoms with Gasteiger partial charge in [0.1, 0.15) is 0 Å². The summed E-state index contributed by atoms with van der Waals surface area (Å²) in [6.45, 7) is 0. The molecule has 0 unspecified atom stereocenters. The van der Waals surface area contributed by atoms with Gasteiger partial charge in [0.2, 0.25) is 0 Å². The van der Waals surface area contributed by atoms with Gasteiger partial charge in [-0.25, -0.2) is 4.68 Å². The zero-order valence-electron chi connectivity index (χ0n) is 14.7. The van der Waals surface area contributed by atoms with Gasteiger partial charge in [-0.3, -0.25) is 9.59 Å². The Morgan fingerprint density at radius 2 is 1.48 bits per heavy atom. The number of nitrogens with one attached hydrogen (secondary N) is 1. The second-order valence-corrected chi connectivity index (χ2v) is 6.19. The molecule has 4 aromatic rings. The first kappa shape index (κ1) is 16.7. The maximum absolute atomic E-state index is 13.0. The molecule has 1 aromatic heterocycles. The second kappa shape index (κ2) is 6.88. The van der Waals surface area contributed by atoms with Crippen molar-refractivity contribution in [2.45, 2.75) is 0 Å². The summed E-state index contributed by atoms with van der Waals surface area (Å²) in [4.78, 5) is 25.3. The van der Waals surface area contributed by atoms with Crippen LogP contribution in [0, 0.1) is 0 Å². The highest BCUT2D eigenvalue weighted by molar-refractivity contribution is 6.12. The highest BCUT2D eigenvalue weighted by atomic mass is 16.2. The van der Waals surface area contributed by atoms with Crippen molar-refractivity contribution in [3.05, 3.63) is 94.9 Å². The molecule has 0 spiro atoms. The third kappa shape index (κ3) is 3.11. The van der Waals surface area contributed by atoms with E-state index in [1.165, 1.54) is 4.68 Å². The Hall–Kier alpha value is -3.73. The van der Waals surface area contributed by atoms with Gasteiger partial charge >= 0.3 is 0 Å². The normalized spacial score (nSPS) is 10.7. The number of fused-ring (bicyclic) bond motifs is 1. The number of carbonyl (C=O) groups is 1. The molecular formula is C22H17N3O2. The molecular weight excluding hydrogens is 338 g/mol. The molecule has 0 aliphatic carbocycles. The summed E-state index contributed by atoms with van der Waals surface area (Å²) in [5, 5.41) is 8.15. The fourth-order valence-electron chi connectivity index (χ4n) is 3.11. The molecule has 132 valence electrons. The van der Waals surface area contributed by atoms with Crippen molar-refractivity contribution >= 4 is 22.4 Å². The van der Waals surface area contributed by atoms with E-state index in [0.29, 0.717) is 16.5 Å². The molecule has 27 heavy (non-hydrogen) atoms. The lowest BCUT2D eigenvalue weighted by atomic mass is 10.0. The number of para-hydroxylation sites is 1. The Labute approximate surface area is 155 Å². The van der Waals surface area contributed by atoms with Gasteiger partial charge in [0, 0.05) is 23.7 Å². The van der Waals surface area contributed by atoms with E-state index in [1.54, 1.807) is 31.3 Å². The number of nitrogens with zero attached hydrogens (tertiary/aromatic N) is 2. The molecule has 0 atom stereocenters. The minimum Gasteiger partial charge on any atom is -0.320 e. The highest BCUT2D eigenvalue weighted by Crippen LogP contribution is 2.28. The first-order chi connectivity index (χ1) is 13.1. The van der Waals surface area contributed by atoms with Crippen LogP contribution in [-0.4, -0.2) is 15.7 Å². The number of benzene rings is 3. The van der Waals surface area contributed by atoms with E-state index in [2.05, 4.69) is 10.4 Å². The van der Waals surface area contributed by atoms with Crippen molar-refractivity contribution in [1.82, 2.24) is 9.78 Å². The third-order valence-corrected chi connectivity index (χ3v) is 4.43. The number of aromatic nitrogens is 2. The molecule has 1 heterocycles. The summed E-state index contributed by atoms with van der Waals surface area (Å²) in [5.74, 6) is -0.356. The molecule has 5 heteroatoms. The van der Waals surface area contributed by atoms with Gasteiger partial charge < -0.3 is 5.32 Å². The van der Waals surface area contributed by atoms with Crippen LogP contribution in [0.1, 0.15) is 10.5 Å². The summed E-state index contributed by atoms with van der Waals surface area (Å²) < 4.78 is 1.19. The van der Waals surface area contributed by atoms with Gasteiger partial charge in [0.05, 0.1) is 5.39 Å². The molecule has 1 N–H and O–H groups in total. The van der Waals surface area contributed by atoms with Crippen LogP contribution in [0.2, 0.25) is 0 Å². The van der Waals surface area contributed by atoms with E-state index < -0.39 is 0 Å². The minimum absolute atomic E-state index is 0.218. The number of anilines is 1. The number of rotatable bonds is 3. The fraction of sp³-hybridized carbons (Fsp3) is 0.0455.